The first-order chi connectivity index (χ1) is 13.0. The Morgan fingerprint density at radius 3 is 2.54 bits per heavy atom. The van der Waals surface area contributed by atoms with E-state index in [0.717, 1.165) is 36.8 Å². The van der Waals surface area contributed by atoms with Crippen LogP contribution in [-0.4, -0.2) is 37.8 Å². The van der Waals surface area contributed by atoms with Crippen molar-refractivity contribution in [3.63, 3.8) is 0 Å². The molecule has 0 aliphatic rings. The minimum atomic E-state index is -0.960. The van der Waals surface area contributed by atoms with Gasteiger partial charge in [-0.05, 0) is 66.3 Å². The summed E-state index contributed by atoms with van der Waals surface area (Å²) < 4.78 is 5.21. The third kappa shape index (κ3) is 7.60. The lowest BCUT2D eigenvalue weighted by Crippen LogP contribution is -2.39. The van der Waals surface area contributed by atoms with E-state index in [0.29, 0.717) is 12.5 Å². The number of aliphatic imine (C=N–C) groups is 1. The Balaban J connectivity index is 0.00000392. The number of thiophene rings is 1. The number of aliphatic hydroxyl groups is 1. The van der Waals surface area contributed by atoms with E-state index in [2.05, 4.69) is 34.7 Å². The molecule has 0 saturated heterocycles. The first-order valence-corrected chi connectivity index (χ1v) is 10.3. The summed E-state index contributed by atoms with van der Waals surface area (Å²) in [6.07, 6.45) is 0.984. The van der Waals surface area contributed by atoms with E-state index in [1.54, 1.807) is 25.4 Å². The minimum absolute atomic E-state index is 0. The molecule has 28 heavy (non-hydrogen) atoms. The molecule has 156 valence electrons. The quantitative estimate of drug-likeness (QED) is 0.263. The lowest BCUT2D eigenvalue weighted by atomic mass is 9.98. The summed E-state index contributed by atoms with van der Waals surface area (Å²) in [5.41, 5.74) is 1.24. The maximum atomic E-state index is 10.6. The van der Waals surface area contributed by atoms with Gasteiger partial charge in [0.15, 0.2) is 5.96 Å². The van der Waals surface area contributed by atoms with Gasteiger partial charge in [-0.25, -0.2) is 4.99 Å². The molecule has 0 bridgehead atoms. The van der Waals surface area contributed by atoms with Crippen LogP contribution in [0.3, 0.4) is 0 Å². The molecule has 0 radical (unpaired) electrons. The Labute approximate surface area is 189 Å². The molecule has 2 unspecified atom stereocenters. The number of rotatable bonds is 9. The number of ether oxygens (including phenoxy) is 1. The standard InChI is InChI=1S/C21H31N3O2S.HI/c1-5-22-20(24-15-21(3,25)18-11-13-27-14-18)23-12-10-16(2)17-6-8-19(26-4)9-7-17;/h6-9,11,13-14,16,25H,5,10,12,15H2,1-4H3,(H2,22,23,24);1H. The summed E-state index contributed by atoms with van der Waals surface area (Å²) in [4.78, 5) is 4.57. The summed E-state index contributed by atoms with van der Waals surface area (Å²) in [5, 5.41) is 21.2. The van der Waals surface area contributed by atoms with Gasteiger partial charge >= 0.3 is 0 Å². The van der Waals surface area contributed by atoms with Gasteiger partial charge in [0.2, 0.25) is 0 Å². The zero-order valence-corrected chi connectivity index (χ0v) is 20.2. The maximum absolute atomic E-state index is 10.6. The fourth-order valence-corrected chi connectivity index (χ4v) is 3.53. The highest BCUT2D eigenvalue weighted by Gasteiger charge is 2.23. The zero-order valence-electron chi connectivity index (χ0n) is 17.1. The fourth-order valence-electron chi connectivity index (χ4n) is 2.74. The van der Waals surface area contributed by atoms with Crippen molar-refractivity contribution in [1.29, 1.82) is 0 Å². The predicted molar refractivity (Wildman–Crippen MR) is 129 cm³/mol. The van der Waals surface area contributed by atoms with Crippen molar-refractivity contribution in [1.82, 2.24) is 10.6 Å². The van der Waals surface area contributed by atoms with Crippen LogP contribution in [0, 0.1) is 0 Å². The monoisotopic (exact) mass is 517 g/mol. The smallest absolute Gasteiger partial charge is 0.191 e. The number of benzene rings is 1. The van der Waals surface area contributed by atoms with Gasteiger partial charge < -0.3 is 20.5 Å². The van der Waals surface area contributed by atoms with Crippen molar-refractivity contribution in [3.05, 3.63) is 52.2 Å². The topological polar surface area (TPSA) is 65.9 Å². The normalized spacial score (nSPS) is 14.5. The molecular weight excluding hydrogens is 485 g/mol. The number of guanidine groups is 1. The molecule has 0 aliphatic carbocycles. The van der Waals surface area contributed by atoms with Gasteiger partial charge in [0, 0.05) is 13.1 Å². The lowest BCUT2D eigenvalue weighted by Gasteiger charge is -2.21. The van der Waals surface area contributed by atoms with Crippen LogP contribution in [0.25, 0.3) is 0 Å². The van der Waals surface area contributed by atoms with Crippen molar-refractivity contribution < 1.29 is 9.84 Å². The van der Waals surface area contributed by atoms with E-state index in [-0.39, 0.29) is 24.0 Å². The number of methoxy groups -OCH3 is 1. The summed E-state index contributed by atoms with van der Waals surface area (Å²) in [6, 6.07) is 10.2. The Morgan fingerprint density at radius 2 is 1.96 bits per heavy atom. The molecule has 0 amide bonds. The van der Waals surface area contributed by atoms with Gasteiger partial charge in [-0.15, -0.1) is 24.0 Å². The molecule has 0 saturated carbocycles. The van der Waals surface area contributed by atoms with E-state index >= 15 is 0 Å². The van der Waals surface area contributed by atoms with Crippen molar-refractivity contribution >= 4 is 41.3 Å². The van der Waals surface area contributed by atoms with Gasteiger partial charge in [0.25, 0.3) is 0 Å². The molecule has 1 heterocycles. The van der Waals surface area contributed by atoms with Gasteiger partial charge in [-0.2, -0.15) is 11.3 Å². The Kier molecular flexibility index (Phi) is 10.8. The second-order valence-electron chi connectivity index (χ2n) is 6.87. The number of nitrogens with zero attached hydrogens (tertiary/aromatic N) is 1. The molecule has 2 rings (SSSR count). The molecule has 1 aromatic heterocycles. The summed E-state index contributed by atoms with van der Waals surface area (Å²) in [5.74, 6) is 2.04. The Bertz CT molecular complexity index is 703. The Morgan fingerprint density at radius 1 is 1.25 bits per heavy atom. The van der Waals surface area contributed by atoms with Gasteiger partial charge in [-0.3, -0.25) is 0 Å². The Hall–Kier alpha value is -1.32. The minimum Gasteiger partial charge on any atom is -0.497 e. The summed E-state index contributed by atoms with van der Waals surface area (Å²) in [6.45, 7) is 7.95. The van der Waals surface area contributed by atoms with Crippen LogP contribution in [0.2, 0.25) is 0 Å². The zero-order chi connectivity index (χ0) is 19.7. The molecule has 0 aliphatic heterocycles. The van der Waals surface area contributed by atoms with Crippen LogP contribution in [-0.2, 0) is 5.60 Å². The third-order valence-electron chi connectivity index (χ3n) is 4.59. The molecule has 0 spiro atoms. The van der Waals surface area contributed by atoms with E-state index in [1.165, 1.54) is 5.56 Å². The molecule has 7 heteroatoms. The molecule has 5 nitrogen and oxygen atoms in total. The second kappa shape index (κ2) is 12.3. The predicted octanol–water partition coefficient (Wildman–Crippen LogP) is 4.33. The van der Waals surface area contributed by atoms with Crippen LogP contribution in [0.1, 0.15) is 44.2 Å². The largest absolute Gasteiger partial charge is 0.497 e. The second-order valence-corrected chi connectivity index (χ2v) is 7.65. The van der Waals surface area contributed by atoms with E-state index in [4.69, 9.17) is 4.74 Å². The van der Waals surface area contributed by atoms with Crippen molar-refractivity contribution in [2.75, 3.05) is 26.7 Å². The molecule has 2 aromatic rings. The number of halogens is 1. The highest BCUT2D eigenvalue weighted by molar-refractivity contribution is 14.0. The number of hydrogen-bond acceptors (Lipinski definition) is 4. The van der Waals surface area contributed by atoms with Crippen LogP contribution >= 0.6 is 35.3 Å². The first kappa shape index (κ1) is 24.7. The van der Waals surface area contributed by atoms with Crippen LogP contribution < -0.4 is 15.4 Å². The number of hydrogen-bond donors (Lipinski definition) is 3. The maximum Gasteiger partial charge on any atom is 0.191 e. The van der Waals surface area contributed by atoms with Crippen molar-refractivity contribution in [3.8, 4) is 5.75 Å². The third-order valence-corrected chi connectivity index (χ3v) is 5.27. The highest BCUT2D eigenvalue weighted by Crippen LogP contribution is 2.23. The average Bonchev–Trinajstić information content (AvgIpc) is 3.22. The average molecular weight is 517 g/mol. The number of nitrogens with one attached hydrogen (secondary N) is 2. The first-order valence-electron chi connectivity index (χ1n) is 9.37. The van der Waals surface area contributed by atoms with Crippen LogP contribution in [0.15, 0.2) is 46.1 Å². The molecule has 2 atom stereocenters. The van der Waals surface area contributed by atoms with Crippen LogP contribution in [0.5, 0.6) is 5.75 Å². The molecule has 1 aromatic carbocycles. The lowest BCUT2D eigenvalue weighted by molar-refractivity contribution is 0.0677. The van der Waals surface area contributed by atoms with E-state index in [1.807, 2.05) is 35.9 Å². The van der Waals surface area contributed by atoms with Gasteiger partial charge in [-0.1, -0.05) is 19.1 Å². The fraction of sp³-hybridized carbons (Fsp3) is 0.476. The van der Waals surface area contributed by atoms with Crippen molar-refractivity contribution in [2.24, 2.45) is 4.99 Å². The SMILES string of the molecule is CCNC(=NCC(C)(O)c1ccsc1)NCCC(C)c1ccc(OC)cc1.I. The summed E-state index contributed by atoms with van der Waals surface area (Å²) in [7, 11) is 1.68. The molecule has 0 fully saturated rings. The van der Waals surface area contributed by atoms with E-state index < -0.39 is 5.60 Å². The summed E-state index contributed by atoms with van der Waals surface area (Å²) >= 11 is 1.58. The van der Waals surface area contributed by atoms with E-state index in [9.17, 15) is 5.11 Å². The van der Waals surface area contributed by atoms with Gasteiger partial charge in [0.1, 0.15) is 11.4 Å². The van der Waals surface area contributed by atoms with Crippen LogP contribution in [0.4, 0.5) is 0 Å². The van der Waals surface area contributed by atoms with Gasteiger partial charge in [0.05, 0.1) is 13.7 Å². The molecule has 3 N–H and O–H groups in total. The highest BCUT2D eigenvalue weighted by atomic mass is 127. The molecular formula is C21H32IN3O2S. The van der Waals surface area contributed by atoms with Crippen molar-refractivity contribution in [2.45, 2.75) is 38.7 Å².